The third kappa shape index (κ3) is 3.08. The van der Waals surface area contributed by atoms with E-state index in [2.05, 4.69) is 35.3 Å². The normalized spacial score (nSPS) is 21.0. The van der Waals surface area contributed by atoms with Crippen molar-refractivity contribution in [1.82, 2.24) is 9.88 Å². The van der Waals surface area contributed by atoms with E-state index in [1.807, 2.05) is 0 Å². The van der Waals surface area contributed by atoms with Gasteiger partial charge in [-0.1, -0.05) is 6.92 Å². The highest BCUT2D eigenvalue weighted by atomic mass is 16.5. The minimum atomic E-state index is 0.555. The van der Waals surface area contributed by atoms with Crippen molar-refractivity contribution in [2.24, 2.45) is 0 Å². The lowest BCUT2D eigenvalue weighted by molar-refractivity contribution is 0.190. The summed E-state index contributed by atoms with van der Waals surface area (Å²) in [5.41, 5.74) is 1.37. The average molecular weight is 208 g/mol. The minimum Gasteiger partial charge on any atom is -0.380 e. The molecule has 3 heteroatoms. The van der Waals surface area contributed by atoms with Gasteiger partial charge in [0, 0.05) is 38.1 Å². The highest BCUT2D eigenvalue weighted by molar-refractivity contribution is 5.10. The molecule has 2 heterocycles. The summed E-state index contributed by atoms with van der Waals surface area (Å²) in [5.74, 6) is 0. The van der Waals surface area contributed by atoms with Gasteiger partial charge in [0.05, 0.1) is 6.61 Å². The first-order valence-electron chi connectivity index (χ1n) is 5.84. The fourth-order valence-corrected chi connectivity index (χ4v) is 1.95. The second-order valence-corrected chi connectivity index (χ2v) is 4.20. The predicted octanol–water partition coefficient (Wildman–Crippen LogP) is 1.78. The average Bonchev–Trinajstić information content (AvgIpc) is 2.85. The number of rotatable bonds is 5. The molecule has 1 unspecified atom stereocenters. The van der Waals surface area contributed by atoms with Gasteiger partial charge in [-0.3, -0.25) is 0 Å². The first-order valence-corrected chi connectivity index (χ1v) is 5.84. The van der Waals surface area contributed by atoms with E-state index in [0.29, 0.717) is 6.04 Å². The topological polar surface area (TPSA) is 26.2 Å². The van der Waals surface area contributed by atoms with Gasteiger partial charge < -0.3 is 14.6 Å². The molecule has 2 rings (SSSR count). The van der Waals surface area contributed by atoms with Crippen molar-refractivity contribution < 1.29 is 4.74 Å². The van der Waals surface area contributed by atoms with Gasteiger partial charge in [0.1, 0.15) is 0 Å². The Morgan fingerprint density at radius 1 is 1.60 bits per heavy atom. The molecule has 0 aromatic carbocycles. The van der Waals surface area contributed by atoms with E-state index in [1.165, 1.54) is 12.0 Å². The zero-order chi connectivity index (χ0) is 10.5. The first-order chi connectivity index (χ1) is 7.38. The number of hydrogen-bond acceptors (Lipinski definition) is 2. The van der Waals surface area contributed by atoms with Gasteiger partial charge >= 0.3 is 0 Å². The molecule has 3 nitrogen and oxygen atoms in total. The second kappa shape index (κ2) is 5.33. The Kier molecular flexibility index (Phi) is 3.80. The van der Waals surface area contributed by atoms with Gasteiger partial charge in [-0.2, -0.15) is 0 Å². The molecule has 1 aromatic heterocycles. The molecule has 0 aliphatic carbocycles. The number of aryl methyl sites for hydroxylation is 1. The van der Waals surface area contributed by atoms with Crippen LogP contribution in [0.15, 0.2) is 18.5 Å². The monoisotopic (exact) mass is 208 g/mol. The molecule has 1 fully saturated rings. The lowest BCUT2D eigenvalue weighted by Crippen LogP contribution is -2.28. The van der Waals surface area contributed by atoms with E-state index in [-0.39, 0.29) is 0 Å². The summed E-state index contributed by atoms with van der Waals surface area (Å²) in [4.78, 5) is 0. The smallest absolute Gasteiger partial charge is 0.0620 e. The maximum Gasteiger partial charge on any atom is 0.0620 e. The SMILES string of the molecule is CCCn1ccc(CNC2CCOC2)c1. The van der Waals surface area contributed by atoms with Crippen LogP contribution in [0, 0.1) is 0 Å². The predicted molar refractivity (Wildman–Crippen MR) is 60.8 cm³/mol. The molecule has 0 radical (unpaired) electrons. The lowest BCUT2D eigenvalue weighted by atomic mass is 10.2. The van der Waals surface area contributed by atoms with Gasteiger partial charge in [-0.15, -0.1) is 0 Å². The lowest BCUT2D eigenvalue weighted by Gasteiger charge is -2.08. The Bertz CT molecular complexity index is 290. The van der Waals surface area contributed by atoms with Crippen LogP contribution in [-0.2, 0) is 17.8 Å². The van der Waals surface area contributed by atoms with Gasteiger partial charge in [-0.25, -0.2) is 0 Å². The third-order valence-corrected chi connectivity index (χ3v) is 2.82. The summed E-state index contributed by atoms with van der Waals surface area (Å²) < 4.78 is 7.57. The fraction of sp³-hybridized carbons (Fsp3) is 0.667. The van der Waals surface area contributed by atoms with Crippen LogP contribution in [0.25, 0.3) is 0 Å². The van der Waals surface area contributed by atoms with Crippen LogP contribution in [0.4, 0.5) is 0 Å². The van der Waals surface area contributed by atoms with E-state index in [0.717, 1.165) is 32.7 Å². The molecular formula is C12H20N2O. The summed E-state index contributed by atoms with van der Waals surface area (Å²) in [5, 5.41) is 3.51. The number of aromatic nitrogens is 1. The van der Waals surface area contributed by atoms with Crippen LogP contribution in [0.5, 0.6) is 0 Å². The first kappa shape index (κ1) is 10.7. The molecule has 84 valence electrons. The molecule has 0 bridgehead atoms. The van der Waals surface area contributed by atoms with Crippen LogP contribution >= 0.6 is 0 Å². The maximum atomic E-state index is 5.32. The summed E-state index contributed by atoms with van der Waals surface area (Å²) in [6.45, 7) is 6.06. The van der Waals surface area contributed by atoms with Gasteiger partial charge in [0.15, 0.2) is 0 Å². The van der Waals surface area contributed by atoms with Crippen molar-refractivity contribution in [2.75, 3.05) is 13.2 Å². The Morgan fingerprint density at radius 3 is 3.27 bits per heavy atom. The minimum absolute atomic E-state index is 0.555. The van der Waals surface area contributed by atoms with E-state index in [1.54, 1.807) is 0 Å². The molecule has 1 aromatic rings. The fourth-order valence-electron chi connectivity index (χ4n) is 1.95. The molecule has 1 aliphatic heterocycles. The zero-order valence-electron chi connectivity index (χ0n) is 9.41. The quantitative estimate of drug-likeness (QED) is 0.798. The third-order valence-electron chi connectivity index (χ3n) is 2.82. The standard InChI is InChI=1S/C12H20N2O/c1-2-5-14-6-3-11(9-14)8-13-12-4-7-15-10-12/h3,6,9,12-13H,2,4-5,7-8,10H2,1H3. The van der Waals surface area contributed by atoms with Crippen LogP contribution in [0.2, 0.25) is 0 Å². The second-order valence-electron chi connectivity index (χ2n) is 4.20. The number of hydrogen-bond donors (Lipinski definition) is 1. The summed E-state index contributed by atoms with van der Waals surface area (Å²) in [6.07, 6.45) is 6.73. The van der Waals surface area contributed by atoms with Crippen molar-refractivity contribution in [3.8, 4) is 0 Å². The molecule has 1 N–H and O–H groups in total. The number of nitrogens with one attached hydrogen (secondary N) is 1. The van der Waals surface area contributed by atoms with Crippen LogP contribution < -0.4 is 5.32 Å². The molecule has 1 aliphatic rings. The van der Waals surface area contributed by atoms with Gasteiger partial charge in [-0.05, 0) is 24.5 Å². The molecule has 15 heavy (non-hydrogen) atoms. The molecule has 0 amide bonds. The van der Waals surface area contributed by atoms with Crippen molar-refractivity contribution in [3.05, 3.63) is 24.0 Å². The van der Waals surface area contributed by atoms with Crippen molar-refractivity contribution in [1.29, 1.82) is 0 Å². The Balaban J connectivity index is 1.77. The Morgan fingerprint density at radius 2 is 2.53 bits per heavy atom. The molecular weight excluding hydrogens is 188 g/mol. The van der Waals surface area contributed by atoms with Crippen molar-refractivity contribution in [3.63, 3.8) is 0 Å². The van der Waals surface area contributed by atoms with Crippen molar-refractivity contribution >= 4 is 0 Å². The molecule has 1 saturated heterocycles. The van der Waals surface area contributed by atoms with Crippen LogP contribution in [0.3, 0.4) is 0 Å². The Hall–Kier alpha value is -0.800. The molecule has 0 spiro atoms. The van der Waals surface area contributed by atoms with Crippen LogP contribution in [-0.4, -0.2) is 23.8 Å². The largest absolute Gasteiger partial charge is 0.380 e. The van der Waals surface area contributed by atoms with E-state index < -0.39 is 0 Å². The van der Waals surface area contributed by atoms with E-state index >= 15 is 0 Å². The van der Waals surface area contributed by atoms with Crippen LogP contribution in [0.1, 0.15) is 25.3 Å². The summed E-state index contributed by atoms with van der Waals surface area (Å²) >= 11 is 0. The molecule has 1 atom stereocenters. The van der Waals surface area contributed by atoms with Gasteiger partial charge in [0.25, 0.3) is 0 Å². The summed E-state index contributed by atoms with van der Waals surface area (Å²) in [6, 6.07) is 2.75. The highest BCUT2D eigenvalue weighted by Crippen LogP contribution is 2.06. The van der Waals surface area contributed by atoms with E-state index in [9.17, 15) is 0 Å². The molecule has 0 saturated carbocycles. The van der Waals surface area contributed by atoms with E-state index in [4.69, 9.17) is 4.74 Å². The number of ether oxygens (including phenoxy) is 1. The highest BCUT2D eigenvalue weighted by Gasteiger charge is 2.14. The zero-order valence-corrected chi connectivity index (χ0v) is 9.41. The summed E-state index contributed by atoms with van der Waals surface area (Å²) in [7, 11) is 0. The van der Waals surface area contributed by atoms with Gasteiger partial charge in [0.2, 0.25) is 0 Å². The number of nitrogens with zero attached hydrogens (tertiary/aromatic N) is 1. The Labute approximate surface area is 91.4 Å². The van der Waals surface area contributed by atoms with Crippen molar-refractivity contribution in [2.45, 2.75) is 38.9 Å². The maximum absolute atomic E-state index is 5.32.